The smallest absolute Gasteiger partial charge is 0.0394 e. The molecule has 0 saturated heterocycles. The van der Waals surface area contributed by atoms with Gasteiger partial charge in [-0.2, -0.15) is 0 Å². The molecule has 0 aliphatic rings. The van der Waals surface area contributed by atoms with E-state index < -0.39 is 25.8 Å². The predicted octanol–water partition coefficient (Wildman–Crippen LogP) is 0.178. The summed E-state index contributed by atoms with van der Waals surface area (Å²) in [5.41, 5.74) is 0. The molecule has 0 unspecified atom stereocenters. The minimum atomic E-state index is -3.16. The molecule has 26 valence electrons. The van der Waals surface area contributed by atoms with Crippen LogP contribution in [0.1, 0.15) is 12.3 Å². The van der Waals surface area contributed by atoms with Gasteiger partial charge >= 0.3 is 0 Å². The van der Waals surface area contributed by atoms with Crippen LogP contribution in [0.3, 0.4) is 0 Å². The van der Waals surface area contributed by atoms with Gasteiger partial charge in [0.05, 0.1) is 0 Å². The van der Waals surface area contributed by atoms with Crippen molar-refractivity contribution in [3.63, 3.8) is 0 Å². The van der Waals surface area contributed by atoms with Gasteiger partial charge in [0.25, 0.3) is 0 Å². The van der Waals surface area contributed by atoms with Crippen molar-refractivity contribution >= 4 is 0 Å². The van der Waals surface area contributed by atoms with Crippen molar-refractivity contribution in [1.29, 1.82) is 0 Å². The molecule has 0 heterocycles. The van der Waals surface area contributed by atoms with Gasteiger partial charge < -0.3 is 4.90 Å². The molecule has 0 bridgehead atoms. The SMILES string of the molecule is [2H][13C]([2H])([2H])N([13C]([2H])([2H])[2H])[13C]([2H])([2H])[2H]. The van der Waals surface area contributed by atoms with E-state index in [9.17, 15) is 0 Å². The summed E-state index contributed by atoms with van der Waals surface area (Å²) in [5, 5.41) is 0. The highest BCUT2D eigenvalue weighted by Gasteiger charge is 1.58. The average Bonchev–Trinajstić information content (AvgIpc) is 1.44. The second-order valence-corrected chi connectivity index (χ2v) is 0.335. The summed E-state index contributed by atoms with van der Waals surface area (Å²) in [5.74, 6) is 0. The summed E-state index contributed by atoms with van der Waals surface area (Å²) in [7, 11) is 0. The van der Waals surface area contributed by atoms with Gasteiger partial charge in [-0.25, -0.2) is 0 Å². The van der Waals surface area contributed by atoms with Gasteiger partial charge in [0, 0.05) is 12.3 Å². The molecule has 0 N–H and O–H groups in total. The van der Waals surface area contributed by atoms with Crippen LogP contribution in [0.5, 0.6) is 0 Å². The minimum Gasteiger partial charge on any atom is -0.312 e. The van der Waals surface area contributed by atoms with Gasteiger partial charge in [-0.3, -0.25) is 0 Å². The number of hydrogen-bond donors (Lipinski definition) is 0. The Morgan fingerprint density at radius 2 is 2.00 bits per heavy atom. The van der Waals surface area contributed by atoms with E-state index in [0.717, 1.165) is 0 Å². The van der Waals surface area contributed by atoms with E-state index in [0.29, 0.717) is 0 Å². The zero-order chi connectivity index (χ0) is 11.1. The van der Waals surface area contributed by atoms with Crippen LogP contribution in [0.15, 0.2) is 0 Å². The van der Waals surface area contributed by atoms with Crippen LogP contribution in [0.2, 0.25) is 0 Å². The van der Waals surface area contributed by atoms with Crippen LogP contribution in [0.25, 0.3) is 0 Å². The summed E-state index contributed by atoms with van der Waals surface area (Å²) < 4.78 is 60.7. The van der Waals surface area contributed by atoms with Crippen LogP contribution in [0, 0.1) is 0 Å². The average molecular weight is 71.1 g/mol. The van der Waals surface area contributed by atoms with Gasteiger partial charge in [-0.1, -0.05) is 0 Å². The molecule has 0 amide bonds. The highest BCUT2D eigenvalue weighted by molar-refractivity contribution is 4.09. The Hall–Kier alpha value is -0.0400. The van der Waals surface area contributed by atoms with Crippen LogP contribution >= 0.6 is 0 Å². The molecule has 0 spiro atoms. The number of hydrogen-bond acceptors (Lipinski definition) is 1. The zero-order valence-electron chi connectivity index (χ0n) is 10.9. The fourth-order valence-corrected chi connectivity index (χ4v) is 0. The zero-order valence-corrected chi connectivity index (χ0v) is 1.95. The first-order chi connectivity index (χ1) is 5.37. The molecular formula is C3H9N. The molecule has 0 rings (SSSR count). The van der Waals surface area contributed by atoms with Gasteiger partial charge in [0.1, 0.15) is 0 Å². The molecule has 0 aliphatic heterocycles. The van der Waals surface area contributed by atoms with Crippen molar-refractivity contribution in [1.82, 2.24) is 4.90 Å². The molecule has 0 aromatic carbocycles. The third-order valence-corrected chi connectivity index (χ3v) is 0. The van der Waals surface area contributed by atoms with Gasteiger partial charge in [0.15, 0.2) is 0 Å². The highest BCUT2D eigenvalue weighted by Crippen LogP contribution is 1.47. The van der Waals surface area contributed by atoms with Crippen molar-refractivity contribution in [2.24, 2.45) is 0 Å². The van der Waals surface area contributed by atoms with Crippen LogP contribution in [0.4, 0.5) is 0 Å². The maximum Gasteiger partial charge on any atom is 0.0394 e. The van der Waals surface area contributed by atoms with Gasteiger partial charge in [0.2, 0.25) is 0 Å². The Kier molecular flexibility index (Phi) is 0.0787. The fraction of sp³-hybridized carbons (Fsp3) is 1.00. The van der Waals surface area contributed by atoms with Crippen molar-refractivity contribution in [3.8, 4) is 0 Å². The van der Waals surface area contributed by atoms with Crippen LogP contribution in [-0.4, -0.2) is 25.8 Å². The van der Waals surface area contributed by atoms with E-state index in [1.807, 2.05) is 0 Å². The summed E-state index contributed by atoms with van der Waals surface area (Å²) in [4.78, 5) is -0.438. The molecule has 0 radical (unpaired) electrons. The number of nitrogens with zero attached hydrogens (tertiary/aromatic N) is 1. The molecular weight excluding hydrogens is 53.0 g/mol. The molecule has 1 heteroatoms. The lowest BCUT2D eigenvalue weighted by Crippen LogP contribution is -1.99. The van der Waals surface area contributed by atoms with Crippen molar-refractivity contribution in [3.05, 3.63) is 0 Å². The van der Waals surface area contributed by atoms with E-state index in [1.165, 1.54) is 0 Å². The summed E-state index contributed by atoms with van der Waals surface area (Å²) in [6.45, 7) is -9.47. The first kappa shape index (κ1) is 0.243. The van der Waals surface area contributed by atoms with Crippen molar-refractivity contribution in [2.75, 3.05) is 20.9 Å². The predicted molar refractivity (Wildman–Crippen MR) is 19.6 cm³/mol. The molecule has 0 fully saturated rings. The second-order valence-electron chi connectivity index (χ2n) is 0.335. The van der Waals surface area contributed by atoms with E-state index in [-0.39, 0.29) is 0 Å². The molecule has 0 aromatic heterocycles. The molecule has 1 nitrogen and oxygen atoms in total. The third-order valence-electron chi connectivity index (χ3n) is 0. The maximum absolute atomic E-state index is 6.74. The Morgan fingerprint density at radius 1 is 1.50 bits per heavy atom. The van der Waals surface area contributed by atoms with E-state index in [2.05, 4.69) is 0 Å². The van der Waals surface area contributed by atoms with E-state index >= 15 is 0 Å². The lowest BCUT2D eigenvalue weighted by molar-refractivity contribution is 0.505. The van der Waals surface area contributed by atoms with Crippen molar-refractivity contribution in [2.45, 2.75) is 0 Å². The van der Waals surface area contributed by atoms with E-state index in [4.69, 9.17) is 12.3 Å². The Balaban J connectivity index is 5.02. The molecule has 0 atom stereocenters. The summed E-state index contributed by atoms with van der Waals surface area (Å²) in [6.07, 6.45) is 0. The molecule has 0 saturated carbocycles. The Morgan fingerprint density at radius 3 is 2.00 bits per heavy atom. The third kappa shape index (κ3) is 1130. The summed E-state index contributed by atoms with van der Waals surface area (Å²) >= 11 is 0. The quantitative estimate of drug-likeness (QED) is 0.368. The van der Waals surface area contributed by atoms with Crippen LogP contribution in [-0.2, 0) is 0 Å². The first-order valence-electron chi connectivity index (χ1n) is 5.17. The number of rotatable bonds is 0. The second kappa shape index (κ2) is 1.30. The molecule has 0 aromatic rings. The first-order valence-corrected chi connectivity index (χ1v) is 0.671. The lowest BCUT2D eigenvalue weighted by Gasteiger charge is -1.90. The fourth-order valence-electron chi connectivity index (χ4n) is 0. The van der Waals surface area contributed by atoms with Gasteiger partial charge in [-0.15, -0.1) is 0 Å². The highest BCUT2D eigenvalue weighted by atomic mass is 15.3. The topological polar surface area (TPSA) is 3.24 Å². The minimum absolute atomic E-state index is 0.438. The standard InChI is InChI=1S/C3H9N/c1-4(2)3/h1-3H3/i1+1D3,2+1D3,3+1D3. The van der Waals surface area contributed by atoms with Crippen molar-refractivity contribution < 1.29 is 12.3 Å². The van der Waals surface area contributed by atoms with Gasteiger partial charge in [-0.05, 0) is 20.9 Å². The summed E-state index contributed by atoms with van der Waals surface area (Å²) in [6, 6.07) is 0. The molecule has 0 aliphatic carbocycles. The Bertz CT molecular complexity index is 137. The van der Waals surface area contributed by atoms with E-state index in [1.54, 1.807) is 0 Å². The molecule has 4 heavy (non-hydrogen) atoms. The largest absolute Gasteiger partial charge is 0.312 e. The van der Waals surface area contributed by atoms with Crippen LogP contribution < -0.4 is 0 Å². The maximum atomic E-state index is 6.74. The Labute approximate surface area is 39.9 Å². The lowest BCUT2D eigenvalue weighted by atomic mass is 11.7. The normalized spacial score (nSPS) is 51.8. The monoisotopic (exact) mass is 71.1 g/mol.